The first-order valence-corrected chi connectivity index (χ1v) is 8.22. The summed E-state index contributed by atoms with van der Waals surface area (Å²) in [5.74, 6) is 0.505. The summed E-state index contributed by atoms with van der Waals surface area (Å²) in [5, 5.41) is 6.46. The average Bonchev–Trinajstić information content (AvgIpc) is 2.67. The normalized spacial score (nSPS) is 21.2. The monoisotopic (exact) mass is 330 g/mol. The van der Waals surface area contributed by atoms with Gasteiger partial charge in [0, 0.05) is 13.1 Å². The number of anilines is 1. The summed E-state index contributed by atoms with van der Waals surface area (Å²) in [5.41, 5.74) is 0.616. The second-order valence-corrected chi connectivity index (χ2v) is 6.59. The fourth-order valence-corrected chi connectivity index (χ4v) is 3.65. The molecule has 6 nitrogen and oxygen atoms in total. The van der Waals surface area contributed by atoms with Crippen LogP contribution in [0.4, 0.5) is 5.69 Å². The first-order chi connectivity index (χ1) is 9.65. The molecule has 1 fully saturated rings. The van der Waals surface area contributed by atoms with Crippen molar-refractivity contribution in [3.63, 3.8) is 0 Å². The van der Waals surface area contributed by atoms with Gasteiger partial charge in [0.2, 0.25) is 0 Å². The highest BCUT2D eigenvalue weighted by Crippen LogP contribution is 2.26. The molecular formula is C13H19ClN4O2S. The van der Waals surface area contributed by atoms with E-state index in [-0.39, 0.29) is 17.3 Å². The zero-order chi connectivity index (χ0) is 14.0. The van der Waals surface area contributed by atoms with Crippen LogP contribution in [0, 0.1) is 0 Å². The van der Waals surface area contributed by atoms with Crippen LogP contribution in [0.5, 0.6) is 0 Å². The van der Waals surface area contributed by atoms with E-state index in [9.17, 15) is 8.42 Å². The highest BCUT2D eigenvalue weighted by Gasteiger charge is 2.25. The summed E-state index contributed by atoms with van der Waals surface area (Å²) >= 11 is 0. The summed E-state index contributed by atoms with van der Waals surface area (Å²) in [4.78, 5) is 2.47. The third-order valence-electron chi connectivity index (χ3n) is 3.48. The van der Waals surface area contributed by atoms with E-state index >= 15 is 0 Å². The molecule has 2 heterocycles. The summed E-state index contributed by atoms with van der Waals surface area (Å²) in [6.07, 6.45) is 1.07. The van der Waals surface area contributed by atoms with Crippen molar-refractivity contribution in [2.24, 2.45) is 4.40 Å². The second-order valence-electron chi connectivity index (χ2n) is 5.01. The molecule has 0 aromatic heterocycles. The van der Waals surface area contributed by atoms with Gasteiger partial charge in [0.15, 0.2) is 0 Å². The van der Waals surface area contributed by atoms with Gasteiger partial charge in [0.05, 0.1) is 12.2 Å². The molecule has 21 heavy (non-hydrogen) atoms. The molecule has 0 radical (unpaired) electrons. The largest absolute Gasteiger partial charge is 0.341 e. The zero-order valence-electron chi connectivity index (χ0n) is 11.6. The molecule has 0 atom stereocenters. The maximum absolute atomic E-state index is 12.1. The van der Waals surface area contributed by atoms with Crippen LogP contribution in [0.2, 0.25) is 0 Å². The highest BCUT2D eigenvalue weighted by atomic mass is 35.5. The molecule has 2 aliphatic heterocycles. The second kappa shape index (κ2) is 6.74. The number of nitrogens with one attached hydrogen (secondary N) is 2. The number of para-hydroxylation sites is 1. The molecule has 0 spiro atoms. The summed E-state index contributed by atoms with van der Waals surface area (Å²) in [6, 6.07) is 6.87. The van der Waals surface area contributed by atoms with Crippen LogP contribution < -0.4 is 10.6 Å². The van der Waals surface area contributed by atoms with Gasteiger partial charge in [-0.25, -0.2) is 0 Å². The molecule has 1 aromatic carbocycles. The van der Waals surface area contributed by atoms with Gasteiger partial charge in [0.1, 0.15) is 10.7 Å². The topological polar surface area (TPSA) is 73.8 Å². The Kier molecular flexibility index (Phi) is 5.21. The minimum atomic E-state index is -3.57. The Hall–Kier alpha value is -1.15. The number of sulfonamides is 1. The number of benzene rings is 1. The van der Waals surface area contributed by atoms with E-state index in [0.717, 1.165) is 32.6 Å². The van der Waals surface area contributed by atoms with Crippen molar-refractivity contribution in [2.45, 2.75) is 11.3 Å². The molecule has 0 unspecified atom stereocenters. The predicted octanol–water partition coefficient (Wildman–Crippen LogP) is 0.916. The Balaban J connectivity index is 0.00000161. The molecule has 0 bridgehead atoms. The first kappa shape index (κ1) is 16.2. The Morgan fingerprint density at radius 3 is 2.86 bits per heavy atom. The molecular weight excluding hydrogens is 312 g/mol. The Morgan fingerprint density at radius 2 is 2.00 bits per heavy atom. The molecule has 3 rings (SSSR count). The van der Waals surface area contributed by atoms with Gasteiger partial charge in [-0.15, -0.1) is 16.8 Å². The Labute approximate surface area is 131 Å². The molecule has 1 aromatic rings. The van der Waals surface area contributed by atoms with Gasteiger partial charge in [-0.3, -0.25) is 4.90 Å². The maximum atomic E-state index is 12.1. The standard InChI is InChI=1S/C13H18N4O2S.ClH/c18-20(19)12-5-2-1-4-11(12)15-13(16-20)10-17-8-3-6-14-7-9-17;/h1-2,4-5,14H,3,6-10H2,(H,15,16);1H. The van der Waals surface area contributed by atoms with E-state index in [2.05, 4.69) is 19.9 Å². The lowest BCUT2D eigenvalue weighted by molar-refractivity contribution is 0.333. The number of rotatable bonds is 2. The number of halogens is 1. The molecule has 0 amide bonds. The molecule has 8 heteroatoms. The fourth-order valence-electron chi connectivity index (χ4n) is 2.51. The van der Waals surface area contributed by atoms with Crippen LogP contribution in [0.1, 0.15) is 6.42 Å². The number of nitrogens with zero attached hydrogens (tertiary/aromatic N) is 2. The van der Waals surface area contributed by atoms with Gasteiger partial charge in [-0.1, -0.05) is 12.1 Å². The third-order valence-corrected chi connectivity index (χ3v) is 4.85. The first-order valence-electron chi connectivity index (χ1n) is 6.78. The lowest BCUT2D eigenvalue weighted by Gasteiger charge is -2.24. The van der Waals surface area contributed by atoms with Crippen LogP contribution in [-0.2, 0) is 10.0 Å². The van der Waals surface area contributed by atoms with Crippen molar-refractivity contribution in [1.82, 2.24) is 10.2 Å². The molecule has 0 saturated carbocycles. The van der Waals surface area contributed by atoms with E-state index in [1.54, 1.807) is 18.2 Å². The Morgan fingerprint density at radius 1 is 1.19 bits per heavy atom. The van der Waals surface area contributed by atoms with Crippen LogP contribution in [0.15, 0.2) is 33.6 Å². The van der Waals surface area contributed by atoms with Crippen molar-refractivity contribution in [3.8, 4) is 0 Å². The molecule has 1 saturated heterocycles. The zero-order valence-corrected chi connectivity index (χ0v) is 13.2. The van der Waals surface area contributed by atoms with Gasteiger partial charge >= 0.3 is 0 Å². The number of hydrogen-bond donors (Lipinski definition) is 2. The fraction of sp³-hybridized carbons (Fsp3) is 0.462. The van der Waals surface area contributed by atoms with E-state index in [4.69, 9.17) is 0 Å². The van der Waals surface area contributed by atoms with Crippen molar-refractivity contribution in [1.29, 1.82) is 0 Å². The van der Waals surface area contributed by atoms with Crippen molar-refractivity contribution in [3.05, 3.63) is 24.3 Å². The summed E-state index contributed by atoms with van der Waals surface area (Å²) < 4.78 is 28.2. The van der Waals surface area contributed by atoms with Gasteiger partial charge in [-0.2, -0.15) is 8.42 Å². The lowest BCUT2D eigenvalue weighted by Crippen LogP contribution is -2.37. The van der Waals surface area contributed by atoms with Crippen LogP contribution in [-0.4, -0.2) is 51.9 Å². The van der Waals surface area contributed by atoms with E-state index in [1.807, 2.05) is 6.07 Å². The van der Waals surface area contributed by atoms with Gasteiger partial charge < -0.3 is 10.6 Å². The quantitative estimate of drug-likeness (QED) is 0.843. The minimum absolute atomic E-state index is 0. The number of amidine groups is 1. The molecule has 2 N–H and O–H groups in total. The lowest BCUT2D eigenvalue weighted by atomic mass is 10.3. The smallest absolute Gasteiger partial charge is 0.286 e. The van der Waals surface area contributed by atoms with Gasteiger partial charge in [-0.05, 0) is 31.6 Å². The minimum Gasteiger partial charge on any atom is -0.341 e. The van der Waals surface area contributed by atoms with E-state index in [0.29, 0.717) is 18.1 Å². The molecule has 0 aliphatic carbocycles. The van der Waals surface area contributed by atoms with Gasteiger partial charge in [0.25, 0.3) is 10.0 Å². The SMILES string of the molecule is Cl.O=S1(=O)N=C(CN2CCCNCC2)Nc2ccccc21. The molecule has 2 aliphatic rings. The number of fused-ring (bicyclic) bond motifs is 1. The maximum Gasteiger partial charge on any atom is 0.286 e. The number of hydrogen-bond acceptors (Lipinski definition) is 5. The van der Waals surface area contributed by atoms with Crippen molar-refractivity contribution in [2.75, 3.05) is 38.0 Å². The summed E-state index contributed by atoms with van der Waals surface area (Å²) in [6.45, 7) is 4.33. The van der Waals surface area contributed by atoms with Crippen LogP contribution in [0.25, 0.3) is 0 Å². The van der Waals surface area contributed by atoms with Crippen molar-refractivity contribution < 1.29 is 8.42 Å². The van der Waals surface area contributed by atoms with Crippen molar-refractivity contribution >= 4 is 34.0 Å². The predicted molar refractivity (Wildman–Crippen MR) is 85.9 cm³/mol. The highest BCUT2D eigenvalue weighted by molar-refractivity contribution is 7.90. The third kappa shape index (κ3) is 3.74. The van der Waals surface area contributed by atoms with Crippen LogP contribution >= 0.6 is 12.4 Å². The van der Waals surface area contributed by atoms with E-state index in [1.165, 1.54) is 0 Å². The van der Waals surface area contributed by atoms with E-state index < -0.39 is 10.0 Å². The van der Waals surface area contributed by atoms with Crippen LogP contribution in [0.3, 0.4) is 0 Å². The summed E-state index contributed by atoms with van der Waals surface area (Å²) in [7, 11) is -3.57. The Bertz CT molecular complexity index is 625. The molecule has 116 valence electrons. The average molecular weight is 331 g/mol.